The molecule has 1 aliphatic heterocycles. The standard InChI is InChI=1S/C32H39N3O6S/c1-23(2)20-33-32(37)28(18-25-10-6-5-7-11-25)34(21-26-12-8-9-24(3)17-26)31(36)22-35(42(4,38)39)27-13-14-29-30(19-27)41-16-15-40-29/h5-14,17,19,23,28H,15-16,18,20-22H2,1-4H3,(H,33,37)/t28-/m0/s1. The predicted molar refractivity (Wildman–Crippen MR) is 163 cm³/mol. The molecule has 4 rings (SSSR count). The quantitative estimate of drug-likeness (QED) is 0.341. The van der Waals surface area contributed by atoms with E-state index in [0.29, 0.717) is 31.3 Å². The van der Waals surface area contributed by atoms with Crippen LogP contribution in [-0.2, 0) is 32.6 Å². The maximum atomic E-state index is 14.2. The third-order valence-corrected chi connectivity index (χ3v) is 8.02. The van der Waals surface area contributed by atoms with E-state index in [1.165, 1.54) is 4.90 Å². The second-order valence-corrected chi connectivity index (χ2v) is 12.9. The van der Waals surface area contributed by atoms with Gasteiger partial charge in [0, 0.05) is 25.6 Å². The molecule has 0 unspecified atom stereocenters. The third-order valence-electron chi connectivity index (χ3n) is 6.88. The van der Waals surface area contributed by atoms with Gasteiger partial charge in [-0.15, -0.1) is 0 Å². The van der Waals surface area contributed by atoms with E-state index in [1.54, 1.807) is 18.2 Å². The summed E-state index contributed by atoms with van der Waals surface area (Å²) in [6.07, 6.45) is 1.32. The number of nitrogens with zero attached hydrogens (tertiary/aromatic N) is 2. The van der Waals surface area contributed by atoms with Crippen molar-refractivity contribution in [3.8, 4) is 11.5 Å². The first-order valence-corrected chi connectivity index (χ1v) is 15.9. The summed E-state index contributed by atoms with van der Waals surface area (Å²) in [5, 5.41) is 2.99. The number of rotatable bonds is 12. The minimum Gasteiger partial charge on any atom is -0.486 e. The Labute approximate surface area is 248 Å². The highest BCUT2D eigenvalue weighted by Crippen LogP contribution is 2.34. The number of carbonyl (C=O) groups is 2. The number of hydrogen-bond acceptors (Lipinski definition) is 6. The van der Waals surface area contributed by atoms with Crippen LogP contribution in [0.25, 0.3) is 0 Å². The first kappa shape index (κ1) is 30.9. The monoisotopic (exact) mass is 593 g/mol. The van der Waals surface area contributed by atoms with E-state index in [0.717, 1.165) is 27.3 Å². The van der Waals surface area contributed by atoms with Gasteiger partial charge in [-0.25, -0.2) is 8.42 Å². The molecule has 2 amide bonds. The molecule has 3 aromatic carbocycles. The zero-order chi connectivity index (χ0) is 30.3. The van der Waals surface area contributed by atoms with E-state index in [2.05, 4.69) is 5.32 Å². The lowest BCUT2D eigenvalue weighted by Crippen LogP contribution is -2.53. The first-order valence-electron chi connectivity index (χ1n) is 14.1. The third kappa shape index (κ3) is 8.25. The zero-order valence-corrected chi connectivity index (χ0v) is 25.4. The van der Waals surface area contributed by atoms with E-state index in [1.807, 2.05) is 75.4 Å². The maximum absolute atomic E-state index is 14.2. The normalized spacial score (nSPS) is 13.4. The molecule has 0 saturated carbocycles. The van der Waals surface area contributed by atoms with E-state index in [9.17, 15) is 18.0 Å². The van der Waals surface area contributed by atoms with Crippen molar-refractivity contribution in [2.24, 2.45) is 5.92 Å². The average molecular weight is 594 g/mol. The fourth-order valence-corrected chi connectivity index (χ4v) is 5.63. The molecule has 0 radical (unpaired) electrons. The lowest BCUT2D eigenvalue weighted by atomic mass is 10.0. The summed E-state index contributed by atoms with van der Waals surface area (Å²) in [6, 6.07) is 21.1. The SMILES string of the molecule is Cc1cccc(CN(C(=O)CN(c2ccc3c(c2)OCCO3)S(C)(=O)=O)[C@@H](Cc2ccccc2)C(=O)NCC(C)C)c1. The van der Waals surface area contributed by atoms with Crippen molar-refractivity contribution >= 4 is 27.5 Å². The second-order valence-electron chi connectivity index (χ2n) is 11.0. The molecule has 42 heavy (non-hydrogen) atoms. The van der Waals surface area contributed by atoms with Crippen molar-refractivity contribution < 1.29 is 27.5 Å². The Morgan fingerprint density at radius 3 is 2.26 bits per heavy atom. The van der Waals surface area contributed by atoms with Crippen LogP contribution in [0.15, 0.2) is 72.8 Å². The van der Waals surface area contributed by atoms with Crippen molar-refractivity contribution in [1.29, 1.82) is 0 Å². The van der Waals surface area contributed by atoms with Crippen LogP contribution >= 0.6 is 0 Å². The molecule has 3 aromatic rings. The molecule has 0 fully saturated rings. The molecule has 0 aliphatic carbocycles. The van der Waals surface area contributed by atoms with E-state index in [-0.39, 0.29) is 30.5 Å². The van der Waals surface area contributed by atoms with E-state index < -0.39 is 28.5 Å². The summed E-state index contributed by atoms with van der Waals surface area (Å²) in [6.45, 7) is 6.78. The van der Waals surface area contributed by atoms with Gasteiger partial charge in [0.1, 0.15) is 25.8 Å². The van der Waals surface area contributed by atoms with E-state index >= 15 is 0 Å². The molecule has 9 nitrogen and oxygen atoms in total. The van der Waals surface area contributed by atoms with Gasteiger partial charge in [0.2, 0.25) is 21.8 Å². The predicted octanol–water partition coefficient (Wildman–Crippen LogP) is 3.94. The number of nitrogens with one attached hydrogen (secondary N) is 1. The van der Waals surface area contributed by atoms with Crippen molar-refractivity contribution in [1.82, 2.24) is 10.2 Å². The highest BCUT2D eigenvalue weighted by molar-refractivity contribution is 7.92. The topological polar surface area (TPSA) is 105 Å². The Hall–Kier alpha value is -4.05. The molecule has 1 N–H and O–H groups in total. The Balaban J connectivity index is 1.72. The lowest BCUT2D eigenvalue weighted by molar-refractivity contribution is -0.140. The van der Waals surface area contributed by atoms with Crippen molar-refractivity contribution in [3.05, 3.63) is 89.5 Å². The van der Waals surface area contributed by atoms with Gasteiger partial charge in [0.15, 0.2) is 11.5 Å². The fraction of sp³-hybridized carbons (Fsp3) is 0.375. The minimum atomic E-state index is -3.89. The largest absolute Gasteiger partial charge is 0.486 e. The number of aryl methyl sites for hydroxylation is 1. The highest BCUT2D eigenvalue weighted by Gasteiger charge is 2.33. The molecule has 224 valence electrons. The Bertz CT molecular complexity index is 1490. The number of benzene rings is 3. The van der Waals surface area contributed by atoms with Crippen molar-refractivity contribution in [2.45, 2.75) is 39.8 Å². The number of ether oxygens (including phenoxy) is 2. The summed E-state index contributed by atoms with van der Waals surface area (Å²) in [5.74, 6) is 0.335. The van der Waals surface area contributed by atoms with Crippen molar-refractivity contribution in [2.75, 3.05) is 36.9 Å². The molecule has 1 aliphatic rings. The molecule has 1 atom stereocenters. The highest BCUT2D eigenvalue weighted by atomic mass is 32.2. The molecule has 0 aromatic heterocycles. The Kier molecular flexibility index (Phi) is 10.1. The van der Waals surface area contributed by atoms with Gasteiger partial charge >= 0.3 is 0 Å². The molecule has 10 heteroatoms. The van der Waals surface area contributed by atoms with Crippen LogP contribution in [0, 0.1) is 12.8 Å². The molecular weight excluding hydrogens is 554 g/mol. The molecule has 1 heterocycles. The number of carbonyl (C=O) groups excluding carboxylic acids is 2. The molecule has 0 bridgehead atoms. The van der Waals surface area contributed by atoms with Crippen LogP contribution in [0.5, 0.6) is 11.5 Å². The van der Waals surface area contributed by atoms with Crippen LogP contribution < -0.4 is 19.1 Å². The lowest BCUT2D eigenvalue weighted by Gasteiger charge is -2.34. The van der Waals surface area contributed by atoms with Crippen LogP contribution in [-0.4, -0.2) is 63.7 Å². The van der Waals surface area contributed by atoms with Crippen LogP contribution in [0.3, 0.4) is 0 Å². The Morgan fingerprint density at radius 2 is 1.60 bits per heavy atom. The van der Waals surface area contributed by atoms with Crippen LogP contribution in [0.1, 0.15) is 30.5 Å². The van der Waals surface area contributed by atoms with Gasteiger partial charge in [-0.05, 0) is 36.1 Å². The molecule has 0 spiro atoms. The summed E-state index contributed by atoms with van der Waals surface area (Å²) >= 11 is 0. The van der Waals surface area contributed by atoms with Crippen LogP contribution in [0.2, 0.25) is 0 Å². The zero-order valence-electron chi connectivity index (χ0n) is 24.6. The minimum absolute atomic E-state index is 0.131. The fourth-order valence-electron chi connectivity index (χ4n) is 4.78. The van der Waals surface area contributed by atoms with Gasteiger partial charge in [-0.3, -0.25) is 13.9 Å². The van der Waals surface area contributed by atoms with Gasteiger partial charge in [-0.2, -0.15) is 0 Å². The summed E-state index contributed by atoms with van der Waals surface area (Å²) < 4.78 is 38.4. The number of anilines is 1. The van der Waals surface area contributed by atoms with Crippen molar-refractivity contribution in [3.63, 3.8) is 0 Å². The maximum Gasteiger partial charge on any atom is 0.244 e. The summed E-state index contributed by atoms with van der Waals surface area (Å²) in [7, 11) is -3.89. The average Bonchev–Trinajstić information content (AvgIpc) is 2.96. The summed E-state index contributed by atoms with van der Waals surface area (Å²) in [4.78, 5) is 29.4. The second kappa shape index (κ2) is 13.7. The van der Waals surface area contributed by atoms with Crippen LogP contribution in [0.4, 0.5) is 5.69 Å². The number of hydrogen-bond donors (Lipinski definition) is 1. The summed E-state index contributed by atoms with van der Waals surface area (Å²) in [5.41, 5.74) is 3.01. The van der Waals surface area contributed by atoms with Gasteiger partial charge < -0.3 is 19.7 Å². The van der Waals surface area contributed by atoms with Gasteiger partial charge in [0.05, 0.1) is 11.9 Å². The number of amides is 2. The van der Waals surface area contributed by atoms with Gasteiger partial charge in [-0.1, -0.05) is 74.0 Å². The van der Waals surface area contributed by atoms with E-state index in [4.69, 9.17) is 9.47 Å². The number of sulfonamides is 1. The Morgan fingerprint density at radius 1 is 0.905 bits per heavy atom. The molecule has 0 saturated heterocycles. The van der Waals surface area contributed by atoms with Gasteiger partial charge in [0.25, 0.3) is 0 Å². The first-order chi connectivity index (χ1) is 20.0. The number of fused-ring (bicyclic) bond motifs is 1. The smallest absolute Gasteiger partial charge is 0.244 e. The molecular formula is C32H39N3O6S.